The number of methoxy groups -OCH3 is 1. The molecule has 2 N–H and O–H groups in total. The Kier molecular flexibility index (Phi) is 9.64. The van der Waals surface area contributed by atoms with E-state index in [-0.39, 0.29) is 17.2 Å². The monoisotopic (exact) mass is 676 g/mol. The van der Waals surface area contributed by atoms with Gasteiger partial charge in [-0.25, -0.2) is 0 Å². The third-order valence-corrected chi connectivity index (χ3v) is 8.54. The summed E-state index contributed by atoms with van der Waals surface area (Å²) < 4.78 is 51.5. The molecule has 14 heteroatoms. The van der Waals surface area contributed by atoms with Gasteiger partial charge in [-0.3, -0.25) is 14.3 Å². The fourth-order valence-electron chi connectivity index (χ4n) is 5.35. The first kappa shape index (κ1) is 33.3. The van der Waals surface area contributed by atoms with E-state index in [9.17, 15) is 22.8 Å². The highest BCUT2D eigenvalue weighted by Gasteiger charge is 2.54. The maximum Gasteiger partial charge on any atom is 0.573 e. The summed E-state index contributed by atoms with van der Waals surface area (Å²) in [6, 6.07) is 15.2. The van der Waals surface area contributed by atoms with Gasteiger partial charge in [-0.2, -0.15) is 0 Å². The van der Waals surface area contributed by atoms with E-state index in [0.717, 1.165) is 30.4 Å². The lowest BCUT2D eigenvalue weighted by atomic mass is 9.99. The SMILES string of the molecule is COc1cc(NC(C(=O)N2CC3(CC3)c3ccc(OC(F)(F)F)cc32)c2ccc(Cl)cc2)cc(/C(C)=N/OC(C)C(=O)NSC)c1. The Balaban J connectivity index is 1.48. The molecule has 3 aromatic carbocycles. The van der Waals surface area contributed by atoms with Gasteiger partial charge in [0, 0.05) is 46.6 Å². The summed E-state index contributed by atoms with van der Waals surface area (Å²) in [5, 5.41) is 7.90. The fraction of sp³-hybridized carbons (Fsp3) is 0.344. The van der Waals surface area contributed by atoms with Crippen LogP contribution in [0.1, 0.15) is 49.4 Å². The van der Waals surface area contributed by atoms with Gasteiger partial charge in [0.2, 0.25) is 6.10 Å². The highest BCUT2D eigenvalue weighted by atomic mass is 35.5. The van der Waals surface area contributed by atoms with Gasteiger partial charge in [-0.15, -0.1) is 13.2 Å². The highest BCUT2D eigenvalue weighted by Crippen LogP contribution is 2.57. The first-order chi connectivity index (χ1) is 21.8. The summed E-state index contributed by atoms with van der Waals surface area (Å²) in [6.45, 7) is 3.61. The van der Waals surface area contributed by atoms with Crippen LogP contribution < -0.4 is 24.4 Å². The predicted molar refractivity (Wildman–Crippen MR) is 172 cm³/mol. The topological polar surface area (TPSA) is 101 Å². The summed E-state index contributed by atoms with van der Waals surface area (Å²) in [6.07, 6.45) is -2.35. The number of anilines is 2. The third kappa shape index (κ3) is 7.47. The van der Waals surface area contributed by atoms with Crippen molar-refractivity contribution in [3.8, 4) is 11.5 Å². The number of halogens is 4. The summed E-state index contributed by atoms with van der Waals surface area (Å²) in [5.74, 6) is -0.645. The molecule has 2 amide bonds. The molecule has 0 aromatic heterocycles. The van der Waals surface area contributed by atoms with Gasteiger partial charge in [0.15, 0.2) is 0 Å². The predicted octanol–water partition coefficient (Wildman–Crippen LogP) is 7.00. The van der Waals surface area contributed by atoms with E-state index in [1.54, 1.807) is 68.6 Å². The van der Waals surface area contributed by atoms with Crippen molar-refractivity contribution in [3.63, 3.8) is 0 Å². The summed E-state index contributed by atoms with van der Waals surface area (Å²) in [4.78, 5) is 33.4. The Bertz CT molecular complexity index is 1650. The van der Waals surface area contributed by atoms with Crippen molar-refractivity contribution >= 4 is 52.4 Å². The van der Waals surface area contributed by atoms with E-state index in [2.05, 4.69) is 19.9 Å². The molecule has 1 aliphatic heterocycles. The number of fused-ring (bicyclic) bond motifs is 2. The van der Waals surface area contributed by atoms with Crippen LogP contribution in [-0.2, 0) is 19.8 Å². The van der Waals surface area contributed by atoms with Gasteiger partial charge in [0.05, 0.1) is 18.5 Å². The Labute approximate surface area is 273 Å². The highest BCUT2D eigenvalue weighted by molar-refractivity contribution is 7.97. The van der Waals surface area contributed by atoms with Crippen molar-refractivity contribution in [2.75, 3.05) is 30.1 Å². The molecule has 2 unspecified atom stereocenters. The van der Waals surface area contributed by atoms with E-state index in [1.165, 1.54) is 24.1 Å². The number of ether oxygens (including phenoxy) is 2. The Hall–Kier alpha value is -4.10. The number of benzene rings is 3. The number of nitrogens with one attached hydrogen (secondary N) is 2. The summed E-state index contributed by atoms with van der Waals surface area (Å²) in [7, 11) is 1.50. The number of nitrogens with zero attached hydrogens (tertiary/aromatic N) is 2. The van der Waals surface area contributed by atoms with E-state index >= 15 is 0 Å². The number of oxime groups is 1. The Morgan fingerprint density at radius 1 is 1.07 bits per heavy atom. The Morgan fingerprint density at radius 3 is 2.41 bits per heavy atom. The average molecular weight is 677 g/mol. The second kappa shape index (κ2) is 13.3. The zero-order valence-corrected chi connectivity index (χ0v) is 27.0. The molecule has 2 aliphatic rings. The second-order valence-electron chi connectivity index (χ2n) is 11.1. The maximum absolute atomic E-state index is 14.4. The molecule has 0 saturated heterocycles. The van der Waals surface area contributed by atoms with Gasteiger partial charge in [-0.05, 0) is 68.1 Å². The largest absolute Gasteiger partial charge is 0.573 e. The molecule has 5 rings (SSSR count). The molecule has 244 valence electrons. The minimum Gasteiger partial charge on any atom is -0.497 e. The van der Waals surface area contributed by atoms with Crippen molar-refractivity contribution in [2.24, 2.45) is 5.16 Å². The maximum atomic E-state index is 14.4. The molecule has 1 saturated carbocycles. The van der Waals surface area contributed by atoms with Crippen LogP contribution in [0.3, 0.4) is 0 Å². The quantitative estimate of drug-likeness (QED) is 0.128. The molecule has 0 bridgehead atoms. The van der Waals surface area contributed by atoms with Crippen molar-refractivity contribution < 1.29 is 37.1 Å². The lowest BCUT2D eigenvalue weighted by molar-refractivity contribution is -0.274. The van der Waals surface area contributed by atoms with Gasteiger partial charge < -0.3 is 24.5 Å². The first-order valence-corrected chi connectivity index (χ1v) is 15.9. The minimum absolute atomic E-state index is 0.299. The van der Waals surface area contributed by atoms with E-state index < -0.39 is 24.3 Å². The molecule has 3 aromatic rings. The Morgan fingerprint density at radius 2 is 1.78 bits per heavy atom. The van der Waals surface area contributed by atoms with Crippen molar-refractivity contribution in [3.05, 3.63) is 82.4 Å². The summed E-state index contributed by atoms with van der Waals surface area (Å²) in [5.41, 5.74) is 3.03. The van der Waals surface area contributed by atoms with Crippen LogP contribution in [0.15, 0.2) is 65.8 Å². The second-order valence-corrected chi connectivity index (χ2v) is 12.2. The number of alkyl halides is 3. The molecule has 1 aliphatic carbocycles. The standard InChI is InChI=1S/C32H32ClF3N4O5S/c1-18(38-45-19(2)29(41)39-46-4)21-13-23(15-25(14-21)43-3)37-28(20-5-7-22(33)8-6-20)30(42)40-17-31(11-12-31)26-10-9-24(16-27(26)40)44-32(34,35)36/h5-10,13-16,19,28,37H,11-12,17H2,1-4H3,(H,39,41)/b38-18+. The molecule has 9 nitrogen and oxygen atoms in total. The zero-order valence-electron chi connectivity index (χ0n) is 25.4. The van der Waals surface area contributed by atoms with Gasteiger partial charge in [-0.1, -0.05) is 46.9 Å². The third-order valence-electron chi connectivity index (χ3n) is 7.89. The van der Waals surface area contributed by atoms with E-state index in [1.807, 2.05) is 0 Å². The van der Waals surface area contributed by atoms with Gasteiger partial charge >= 0.3 is 6.36 Å². The van der Waals surface area contributed by atoms with Crippen molar-refractivity contribution in [1.29, 1.82) is 0 Å². The van der Waals surface area contributed by atoms with Crippen LogP contribution in [0.2, 0.25) is 5.02 Å². The van der Waals surface area contributed by atoms with Crippen LogP contribution in [0.5, 0.6) is 11.5 Å². The molecule has 1 heterocycles. The molecule has 1 spiro atoms. The van der Waals surface area contributed by atoms with Crippen LogP contribution >= 0.6 is 23.5 Å². The number of rotatable bonds is 11. The zero-order chi connectivity index (χ0) is 33.2. The van der Waals surface area contributed by atoms with Crippen LogP contribution in [0.4, 0.5) is 24.5 Å². The normalized spacial score (nSPS) is 16.3. The minimum atomic E-state index is -4.87. The molecule has 46 heavy (non-hydrogen) atoms. The van der Waals surface area contributed by atoms with E-state index in [0.29, 0.717) is 45.5 Å². The van der Waals surface area contributed by atoms with Crippen LogP contribution in [-0.4, -0.2) is 49.9 Å². The van der Waals surface area contributed by atoms with Crippen LogP contribution in [0, 0.1) is 0 Å². The number of hydrogen-bond donors (Lipinski definition) is 2. The fourth-order valence-corrected chi connectivity index (χ4v) is 5.84. The molecular formula is C32H32ClF3N4O5S. The van der Waals surface area contributed by atoms with Crippen molar-refractivity contribution in [2.45, 2.75) is 50.6 Å². The first-order valence-electron chi connectivity index (χ1n) is 14.3. The smallest absolute Gasteiger partial charge is 0.497 e. The molecule has 2 atom stereocenters. The summed E-state index contributed by atoms with van der Waals surface area (Å²) >= 11 is 7.31. The van der Waals surface area contributed by atoms with E-state index in [4.69, 9.17) is 21.2 Å². The average Bonchev–Trinajstić information content (AvgIpc) is 3.73. The van der Waals surface area contributed by atoms with Gasteiger partial charge in [0.25, 0.3) is 11.8 Å². The molecule has 1 fully saturated rings. The number of carbonyl (C=O) groups is 2. The molecular weight excluding hydrogens is 645 g/mol. The number of hydrogen-bond acceptors (Lipinski definition) is 8. The number of carbonyl (C=O) groups excluding carboxylic acids is 2. The lowest BCUT2D eigenvalue weighted by Crippen LogP contribution is -2.38. The van der Waals surface area contributed by atoms with Crippen molar-refractivity contribution in [1.82, 2.24) is 4.72 Å². The van der Waals surface area contributed by atoms with Gasteiger partial charge in [0.1, 0.15) is 17.5 Å². The van der Waals surface area contributed by atoms with Crippen LogP contribution in [0.25, 0.3) is 0 Å². The molecule has 0 radical (unpaired) electrons. The lowest BCUT2D eigenvalue weighted by Gasteiger charge is -2.27. The number of amides is 2.